The minimum absolute atomic E-state index is 0.0610. The lowest BCUT2D eigenvalue weighted by Crippen LogP contribution is -2.25. The number of aromatic amines is 1. The SMILES string of the molecule is CCCCNS(=O)(=O)c1cccc(C(=O)Nc2nc3ccccc3[nH]2)c1. The fraction of sp³-hybridized carbons (Fsp3) is 0.222. The number of anilines is 1. The van der Waals surface area contributed by atoms with E-state index in [-0.39, 0.29) is 10.5 Å². The molecule has 8 heteroatoms. The van der Waals surface area contributed by atoms with E-state index in [0.29, 0.717) is 12.5 Å². The number of unbranched alkanes of at least 4 members (excludes halogenated alkanes) is 1. The Morgan fingerprint density at radius 3 is 2.73 bits per heavy atom. The predicted molar refractivity (Wildman–Crippen MR) is 101 cm³/mol. The molecule has 3 aromatic rings. The quantitative estimate of drug-likeness (QED) is 0.555. The summed E-state index contributed by atoms with van der Waals surface area (Å²) in [5.74, 6) is -0.125. The first-order chi connectivity index (χ1) is 12.5. The Hall–Kier alpha value is -2.71. The van der Waals surface area contributed by atoms with Gasteiger partial charge >= 0.3 is 0 Å². The number of carbonyl (C=O) groups is 1. The number of H-pyrrole nitrogens is 1. The van der Waals surface area contributed by atoms with E-state index in [1.807, 2.05) is 31.2 Å². The Balaban J connectivity index is 1.77. The van der Waals surface area contributed by atoms with Crippen LogP contribution in [0.5, 0.6) is 0 Å². The molecule has 0 bridgehead atoms. The first kappa shape index (κ1) is 18.1. The van der Waals surface area contributed by atoms with Gasteiger partial charge in [0.15, 0.2) is 0 Å². The molecule has 3 N–H and O–H groups in total. The molecule has 0 aliphatic heterocycles. The molecule has 0 spiro atoms. The molecule has 2 aromatic carbocycles. The van der Waals surface area contributed by atoms with Crippen molar-refractivity contribution in [3.63, 3.8) is 0 Å². The highest BCUT2D eigenvalue weighted by molar-refractivity contribution is 7.89. The number of sulfonamides is 1. The molecule has 26 heavy (non-hydrogen) atoms. The Labute approximate surface area is 151 Å². The van der Waals surface area contributed by atoms with Crippen molar-refractivity contribution in [1.29, 1.82) is 0 Å². The fourth-order valence-electron chi connectivity index (χ4n) is 2.46. The van der Waals surface area contributed by atoms with E-state index >= 15 is 0 Å². The summed E-state index contributed by atoms with van der Waals surface area (Å²) < 4.78 is 27.1. The van der Waals surface area contributed by atoms with Crippen LogP contribution in [0.3, 0.4) is 0 Å². The van der Waals surface area contributed by atoms with Gasteiger partial charge in [-0.2, -0.15) is 0 Å². The van der Waals surface area contributed by atoms with Gasteiger partial charge in [-0.25, -0.2) is 18.1 Å². The smallest absolute Gasteiger partial charge is 0.258 e. The summed E-state index contributed by atoms with van der Waals surface area (Å²) in [6.07, 6.45) is 1.65. The van der Waals surface area contributed by atoms with Crippen LogP contribution in [0, 0.1) is 0 Å². The van der Waals surface area contributed by atoms with Crippen LogP contribution in [0.15, 0.2) is 53.4 Å². The third-order valence-electron chi connectivity index (χ3n) is 3.85. The highest BCUT2D eigenvalue weighted by Crippen LogP contribution is 2.16. The van der Waals surface area contributed by atoms with Crippen LogP contribution < -0.4 is 10.0 Å². The van der Waals surface area contributed by atoms with Gasteiger partial charge in [0.25, 0.3) is 5.91 Å². The van der Waals surface area contributed by atoms with Crippen molar-refractivity contribution in [2.45, 2.75) is 24.7 Å². The monoisotopic (exact) mass is 372 g/mol. The van der Waals surface area contributed by atoms with E-state index in [9.17, 15) is 13.2 Å². The maximum absolute atomic E-state index is 12.4. The number of fused-ring (bicyclic) bond motifs is 1. The van der Waals surface area contributed by atoms with Crippen LogP contribution in [0.2, 0.25) is 0 Å². The molecule has 1 aromatic heterocycles. The third kappa shape index (κ3) is 4.09. The summed E-state index contributed by atoms with van der Waals surface area (Å²) in [7, 11) is -3.64. The minimum Gasteiger partial charge on any atom is -0.324 e. The largest absolute Gasteiger partial charge is 0.324 e. The van der Waals surface area contributed by atoms with Crippen LogP contribution in [0.4, 0.5) is 5.95 Å². The van der Waals surface area contributed by atoms with Crippen LogP contribution in [-0.2, 0) is 10.0 Å². The van der Waals surface area contributed by atoms with Crippen molar-refractivity contribution in [3.05, 3.63) is 54.1 Å². The van der Waals surface area contributed by atoms with Crippen molar-refractivity contribution >= 4 is 32.9 Å². The van der Waals surface area contributed by atoms with E-state index in [4.69, 9.17) is 0 Å². The van der Waals surface area contributed by atoms with Crippen molar-refractivity contribution in [2.24, 2.45) is 0 Å². The number of benzene rings is 2. The highest BCUT2D eigenvalue weighted by Gasteiger charge is 2.16. The average molecular weight is 372 g/mol. The van der Waals surface area contributed by atoms with E-state index in [2.05, 4.69) is 20.0 Å². The summed E-state index contributed by atoms with van der Waals surface area (Å²) in [4.78, 5) is 19.8. The molecule has 1 amide bonds. The molecule has 1 heterocycles. The molecular formula is C18H20N4O3S. The number of amides is 1. The second kappa shape index (κ2) is 7.67. The number of para-hydroxylation sites is 2. The number of nitrogens with zero attached hydrogens (tertiary/aromatic N) is 1. The zero-order chi connectivity index (χ0) is 18.6. The number of aromatic nitrogens is 2. The molecule has 0 unspecified atom stereocenters. The molecule has 3 rings (SSSR count). The lowest BCUT2D eigenvalue weighted by atomic mass is 10.2. The zero-order valence-electron chi connectivity index (χ0n) is 14.3. The van der Waals surface area contributed by atoms with Crippen LogP contribution in [0.1, 0.15) is 30.1 Å². The van der Waals surface area contributed by atoms with Gasteiger partial charge in [-0.05, 0) is 36.8 Å². The lowest BCUT2D eigenvalue weighted by Gasteiger charge is -2.08. The Morgan fingerprint density at radius 1 is 1.15 bits per heavy atom. The topological polar surface area (TPSA) is 104 Å². The van der Waals surface area contributed by atoms with E-state index in [1.54, 1.807) is 12.1 Å². The lowest BCUT2D eigenvalue weighted by molar-refractivity contribution is 0.102. The van der Waals surface area contributed by atoms with Crippen LogP contribution in [-0.4, -0.2) is 30.8 Å². The number of hydrogen-bond acceptors (Lipinski definition) is 4. The number of carbonyl (C=O) groups excluding carboxylic acids is 1. The Kier molecular flexibility index (Phi) is 5.34. The summed E-state index contributed by atoms with van der Waals surface area (Å²) in [6.45, 7) is 2.35. The van der Waals surface area contributed by atoms with Crippen molar-refractivity contribution in [3.8, 4) is 0 Å². The molecule has 136 valence electrons. The fourth-order valence-corrected chi connectivity index (χ4v) is 3.58. The molecule has 0 aliphatic rings. The predicted octanol–water partition coefficient (Wildman–Crippen LogP) is 2.89. The van der Waals surface area contributed by atoms with Gasteiger partial charge < -0.3 is 4.98 Å². The Morgan fingerprint density at radius 2 is 1.96 bits per heavy atom. The van der Waals surface area contributed by atoms with Crippen LogP contribution in [0.25, 0.3) is 11.0 Å². The molecule has 0 saturated heterocycles. The van der Waals surface area contributed by atoms with Gasteiger partial charge in [0.1, 0.15) is 0 Å². The van der Waals surface area contributed by atoms with E-state index in [0.717, 1.165) is 23.9 Å². The molecular weight excluding hydrogens is 352 g/mol. The molecule has 0 atom stereocenters. The normalized spacial score (nSPS) is 11.6. The molecule has 0 aliphatic carbocycles. The number of imidazole rings is 1. The Bertz CT molecular complexity index is 995. The number of rotatable bonds is 7. The third-order valence-corrected chi connectivity index (χ3v) is 5.31. The molecule has 7 nitrogen and oxygen atoms in total. The van der Waals surface area contributed by atoms with Gasteiger partial charge in [-0.15, -0.1) is 0 Å². The second-order valence-corrected chi connectivity index (χ2v) is 7.60. The number of nitrogens with one attached hydrogen (secondary N) is 3. The van der Waals surface area contributed by atoms with E-state index in [1.165, 1.54) is 12.1 Å². The zero-order valence-corrected chi connectivity index (χ0v) is 15.1. The standard InChI is InChI=1S/C18H20N4O3S/c1-2-3-11-19-26(24,25)14-8-6-7-13(12-14)17(23)22-18-20-15-9-4-5-10-16(15)21-18/h4-10,12,19H,2-3,11H2,1H3,(H2,20,21,22,23). The maximum atomic E-state index is 12.4. The van der Waals surface area contributed by atoms with Crippen molar-refractivity contribution in [2.75, 3.05) is 11.9 Å². The van der Waals surface area contributed by atoms with Gasteiger partial charge in [0, 0.05) is 12.1 Å². The maximum Gasteiger partial charge on any atom is 0.258 e. The summed E-state index contributed by atoms with van der Waals surface area (Å²) >= 11 is 0. The van der Waals surface area contributed by atoms with Crippen LogP contribution >= 0.6 is 0 Å². The minimum atomic E-state index is -3.64. The van der Waals surface area contributed by atoms with Crippen molar-refractivity contribution < 1.29 is 13.2 Å². The average Bonchev–Trinajstić information content (AvgIpc) is 3.04. The molecule has 0 fully saturated rings. The first-order valence-corrected chi connectivity index (χ1v) is 9.84. The second-order valence-electron chi connectivity index (χ2n) is 5.84. The van der Waals surface area contributed by atoms with Gasteiger partial charge in [0.05, 0.1) is 15.9 Å². The molecule has 0 saturated carbocycles. The number of hydrogen-bond donors (Lipinski definition) is 3. The van der Waals surface area contributed by atoms with Gasteiger partial charge in [-0.3, -0.25) is 10.1 Å². The van der Waals surface area contributed by atoms with Gasteiger partial charge in [-0.1, -0.05) is 31.5 Å². The summed E-state index contributed by atoms with van der Waals surface area (Å²) in [5.41, 5.74) is 1.78. The molecule has 0 radical (unpaired) electrons. The van der Waals surface area contributed by atoms with Crippen molar-refractivity contribution in [1.82, 2.24) is 14.7 Å². The highest BCUT2D eigenvalue weighted by atomic mass is 32.2. The van der Waals surface area contributed by atoms with Gasteiger partial charge in [0.2, 0.25) is 16.0 Å². The van der Waals surface area contributed by atoms with E-state index < -0.39 is 15.9 Å². The summed E-state index contributed by atoms with van der Waals surface area (Å²) in [6, 6.07) is 13.3. The first-order valence-electron chi connectivity index (χ1n) is 8.35. The summed E-state index contributed by atoms with van der Waals surface area (Å²) in [5, 5.41) is 2.66.